The van der Waals surface area contributed by atoms with Crippen LogP contribution in [0.25, 0.3) is 0 Å². The Morgan fingerprint density at radius 3 is 2.84 bits per heavy atom. The summed E-state index contributed by atoms with van der Waals surface area (Å²) in [4.78, 5) is 12.1. The number of ether oxygens (including phenoxy) is 1. The van der Waals surface area contributed by atoms with E-state index < -0.39 is 0 Å². The lowest BCUT2D eigenvalue weighted by atomic mass is 10.1. The van der Waals surface area contributed by atoms with Crippen molar-refractivity contribution in [3.63, 3.8) is 0 Å². The van der Waals surface area contributed by atoms with E-state index in [0.29, 0.717) is 17.0 Å². The van der Waals surface area contributed by atoms with Crippen molar-refractivity contribution >= 4 is 33.8 Å². The van der Waals surface area contributed by atoms with Gasteiger partial charge in [-0.1, -0.05) is 11.6 Å². The summed E-state index contributed by atoms with van der Waals surface area (Å²) in [7, 11) is 0. The van der Waals surface area contributed by atoms with Crippen molar-refractivity contribution < 1.29 is 14.6 Å². The summed E-state index contributed by atoms with van der Waals surface area (Å²) in [5.74, 6) is 0.129. The number of benzene rings is 1. The van der Waals surface area contributed by atoms with Gasteiger partial charge in [-0.3, -0.25) is 4.79 Å². The van der Waals surface area contributed by atoms with E-state index in [-0.39, 0.29) is 29.5 Å². The quantitative estimate of drug-likeness (QED) is 0.685. The highest BCUT2D eigenvalue weighted by atomic mass is 35.5. The number of phenols is 1. The highest BCUT2D eigenvalue weighted by Gasteiger charge is 2.39. The van der Waals surface area contributed by atoms with Gasteiger partial charge in [0.15, 0.2) is 6.23 Å². The first-order valence-electron chi connectivity index (χ1n) is 8.02. The van der Waals surface area contributed by atoms with Gasteiger partial charge in [0.1, 0.15) is 11.9 Å². The van der Waals surface area contributed by atoms with Gasteiger partial charge in [-0.2, -0.15) is 0 Å². The third-order valence-corrected chi connectivity index (χ3v) is 4.78. The molecule has 3 rings (SSSR count). The van der Waals surface area contributed by atoms with Crippen LogP contribution in [0.15, 0.2) is 29.6 Å². The molecule has 2 atom stereocenters. The molecule has 0 saturated carbocycles. The van der Waals surface area contributed by atoms with E-state index in [1.807, 2.05) is 32.2 Å². The zero-order chi connectivity index (χ0) is 18.2. The number of nitrogens with one attached hydrogen (secondary N) is 2. The topological polar surface area (TPSA) is 73.9 Å². The van der Waals surface area contributed by atoms with E-state index in [1.54, 1.807) is 18.2 Å². The van der Waals surface area contributed by atoms with Gasteiger partial charge in [0, 0.05) is 22.4 Å². The number of hydrogen-bond acceptors (Lipinski definition) is 5. The Morgan fingerprint density at radius 2 is 2.12 bits per heavy atom. The van der Waals surface area contributed by atoms with Gasteiger partial charge in [-0.15, -0.1) is 11.3 Å². The van der Waals surface area contributed by atoms with Crippen molar-refractivity contribution in [3.8, 4) is 5.75 Å². The van der Waals surface area contributed by atoms with E-state index in [0.717, 1.165) is 10.6 Å². The van der Waals surface area contributed by atoms with Crippen molar-refractivity contribution in [1.82, 2.24) is 5.32 Å². The van der Waals surface area contributed by atoms with Crippen molar-refractivity contribution in [2.75, 3.05) is 5.32 Å². The Balaban J connectivity index is 1.55. The number of thiophene rings is 1. The van der Waals surface area contributed by atoms with E-state index in [2.05, 4.69) is 10.6 Å². The first kappa shape index (κ1) is 18.0. The van der Waals surface area contributed by atoms with Crippen LogP contribution >= 0.6 is 22.9 Å². The Bertz CT molecular complexity index is 785. The van der Waals surface area contributed by atoms with Gasteiger partial charge in [-0.25, -0.2) is 0 Å². The molecule has 0 bridgehead atoms. The summed E-state index contributed by atoms with van der Waals surface area (Å²) in [6.45, 7) is 5.85. The van der Waals surface area contributed by atoms with Crippen LogP contribution in [0.1, 0.15) is 36.7 Å². The van der Waals surface area contributed by atoms with E-state index in [9.17, 15) is 9.90 Å². The number of aromatic hydroxyl groups is 1. The third kappa shape index (κ3) is 4.87. The maximum absolute atomic E-state index is 12.1. The molecular weight excluding hydrogens is 360 g/mol. The molecule has 1 aliphatic rings. The minimum atomic E-state index is -0.268. The van der Waals surface area contributed by atoms with Gasteiger partial charge in [0.05, 0.1) is 10.6 Å². The van der Waals surface area contributed by atoms with Crippen LogP contribution in [0.2, 0.25) is 5.02 Å². The molecule has 5 nitrogen and oxygen atoms in total. The number of phenolic OH excluding ortho intramolecular Hbond substituents is 1. The fourth-order valence-corrected chi connectivity index (χ4v) is 3.45. The largest absolute Gasteiger partial charge is 0.508 e. The molecule has 2 unspecified atom stereocenters. The zero-order valence-corrected chi connectivity index (χ0v) is 15.9. The fourth-order valence-electron chi connectivity index (χ4n) is 2.44. The molecule has 1 aromatic heterocycles. The van der Waals surface area contributed by atoms with Crippen molar-refractivity contribution in [3.05, 3.63) is 45.8 Å². The average molecular weight is 381 g/mol. The molecule has 0 spiro atoms. The van der Waals surface area contributed by atoms with Crippen LogP contribution in [-0.4, -0.2) is 28.9 Å². The van der Waals surface area contributed by atoms with Crippen molar-refractivity contribution in [1.29, 1.82) is 0 Å². The van der Waals surface area contributed by atoms with Gasteiger partial charge in [0.2, 0.25) is 0 Å². The SMILES string of the molecule is CC(C)(C)NC(=O)c1csc(NC2OC2Cc2cc(Cl)ccc2O)c1. The number of halogens is 1. The maximum Gasteiger partial charge on any atom is 0.252 e. The molecule has 134 valence electrons. The van der Waals surface area contributed by atoms with Crippen LogP contribution in [0.5, 0.6) is 5.75 Å². The van der Waals surface area contributed by atoms with Crippen LogP contribution in [-0.2, 0) is 11.2 Å². The van der Waals surface area contributed by atoms with Crippen LogP contribution in [0, 0.1) is 0 Å². The Kier molecular flexibility index (Phi) is 4.95. The molecule has 7 heteroatoms. The fraction of sp³-hybridized carbons (Fsp3) is 0.389. The van der Waals surface area contributed by atoms with Gasteiger partial charge in [0.25, 0.3) is 5.91 Å². The third-order valence-electron chi connectivity index (χ3n) is 3.68. The first-order chi connectivity index (χ1) is 11.7. The second kappa shape index (κ2) is 6.86. The number of amides is 1. The van der Waals surface area contributed by atoms with Crippen LogP contribution in [0.4, 0.5) is 5.00 Å². The molecule has 2 aromatic rings. The van der Waals surface area contributed by atoms with E-state index in [1.165, 1.54) is 11.3 Å². The Labute approximate surface area is 156 Å². The molecule has 25 heavy (non-hydrogen) atoms. The lowest BCUT2D eigenvalue weighted by Crippen LogP contribution is -2.40. The van der Waals surface area contributed by atoms with Crippen LogP contribution < -0.4 is 10.6 Å². The van der Waals surface area contributed by atoms with Crippen molar-refractivity contribution in [2.24, 2.45) is 0 Å². The number of anilines is 1. The smallest absolute Gasteiger partial charge is 0.252 e. The van der Waals surface area contributed by atoms with Gasteiger partial charge >= 0.3 is 0 Å². The highest BCUT2D eigenvalue weighted by molar-refractivity contribution is 7.14. The number of epoxide rings is 1. The molecule has 1 aromatic carbocycles. The zero-order valence-electron chi connectivity index (χ0n) is 14.3. The molecule has 1 fully saturated rings. The summed E-state index contributed by atoms with van der Waals surface area (Å²) in [5, 5.41) is 19.4. The lowest BCUT2D eigenvalue weighted by molar-refractivity contribution is 0.0920. The van der Waals surface area contributed by atoms with Crippen LogP contribution in [0.3, 0.4) is 0 Å². The monoisotopic (exact) mass is 380 g/mol. The molecule has 3 N–H and O–H groups in total. The lowest BCUT2D eigenvalue weighted by Gasteiger charge is -2.19. The van der Waals surface area contributed by atoms with Gasteiger partial charge < -0.3 is 20.5 Å². The molecule has 1 saturated heterocycles. The second-order valence-electron chi connectivity index (χ2n) is 7.12. The van der Waals surface area contributed by atoms with E-state index >= 15 is 0 Å². The summed E-state index contributed by atoms with van der Waals surface area (Å²) in [6.07, 6.45) is 0.418. The normalized spacial score (nSPS) is 19.5. The summed E-state index contributed by atoms with van der Waals surface area (Å²) in [6, 6.07) is 6.80. The minimum absolute atomic E-state index is 0.0293. The standard InChI is InChI=1S/C18H21ClN2O3S/c1-18(2,3)21-16(23)11-8-15(25-9-11)20-17-14(24-17)7-10-6-12(19)4-5-13(10)22/h4-6,8-9,14,17,20,22H,7H2,1-3H3,(H,21,23). The van der Waals surface area contributed by atoms with Gasteiger partial charge in [-0.05, 0) is 50.6 Å². The number of hydrogen-bond donors (Lipinski definition) is 3. The minimum Gasteiger partial charge on any atom is -0.508 e. The maximum atomic E-state index is 12.1. The van der Waals surface area contributed by atoms with E-state index in [4.69, 9.17) is 16.3 Å². The average Bonchev–Trinajstić information content (AvgIpc) is 3.03. The molecule has 0 aliphatic carbocycles. The predicted molar refractivity (Wildman–Crippen MR) is 101 cm³/mol. The Hall–Kier alpha value is -1.76. The summed E-state index contributed by atoms with van der Waals surface area (Å²) >= 11 is 7.42. The number of carbonyl (C=O) groups is 1. The highest BCUT2D eigenvalue weighted by Crippen LogP contribution is 2.33. The Morgan fingerprint density at radius 1 is 1.36 bits per heavy atom. The number of carbonyl (C=O) groups excluding carboxylic acids is 1. The molecule has 2 heterocycles. The predicted octanol–water partition coefficient (Wildman–Crippen LogP) is 4.01. The molecule has 0 radical (unpaired) electrons. The number of rotatable bonds is 5. The summed E-state index contributed by atoms with van der Waals surface area (Å²) in [5.41, 5.74) is 1.13. The molecule has 1 amide bonds. The molecular formula is C18H21ClN2O3S. The van der Waals surface area contributed by atoms with Crippen molar-refractivity contribution in [2.45, 2.75) is 45.1 Å². The molecule has 1 aliphatic heterocycles. The second-order valence-corrected chi connectivity index (χ2v) is 8.47. The first-order valence-corrected chi connectivity index (χ1v) is 9.27. The summed E-state index contributed by atoms with van der Waals surface area (Å²) < 4.78 is 5.61.